The maximum atomic E-state index is 13.4. The van der Waals surface area contributed by atoms with Crippen LogP contribution < -0.4 is 4.90 Å². The number of carbonyl (C=O) groups excluding carboxylic acids is 1. The monoisotopic (exact) mass is 459 g/mol. The molecule has 3 rings (SSSR count). The van der Waals surface area contributed by atoms with Gasteiger partial charge in [-0.2, -0.15) is 0 Å². The number of halogens is 1. The molecule has 0 spiro atoms. The third-order valence-corrected chi connectivity index (χ3v) is 7.03. The Morgan fingerprint density at radius 1 is 0.935 bits per heavy atom. The standard InChI is InChI=1S/C25H33N3OS.ClH/c1-7-27(8-2)11-12-28(23(29)16-21-10-9-18(4)19(5)15-21)25-26-22-14-17(3)13-20(6)24(22)30-25;/h9-10,13-15H,7-8,11-12,16H2,1-6H3;1H. The lowest BCUT2D eigenvalue weighted by Gasteiger charge is -2.25. The minimum atomic E-state index is 0. The zero-order valence-electron chi connectivity index (χ0n) is 19.5. The Morgan fingerprint density at radius 3 is 2.29 bits per heavy atom. The maximum absolute atomic E-state index is 13.4. The van der Waals surface area contributed by atoms with E-state index in [1.807, 2.05) is 4.90 Å². The molecule has 0 aliphatic heterocycles. The molecule has 0 unspecified atom stereocenters. The predicted octanol–water partition coefficient (Wildman–Crippen LogP) is 5.87. The number of hydrogen-bond acceptors (Lipinski definition) is 4. The fourth-order valence-electron chi connectivity index (χ4n) is 3.77. The lowest BCUT2D eigenvalue weighted by molar-refractivity contribution is -0.118. The molecule has 0 bridgehead atoms. The summed E-state index contributed by atoms with van der Waals surface area (Å²) in [5, 5.41) is 0.805. The maximum Gasteiger partial charge on any atom is 0.233 e. The Hall–Kier alpha value is -1.95. The predicted molar refractivity (Wildman–Crippen MR) is 136 cm³/mol. The molecule has 0 saturated carbocycles. The number of hydrogen-bond donors (Lipinski definition) is 0. The van der Waals surface area contributed by atoms with E-state index in [0.717, 1.165) is 35.8 Å². The van der Waals surface area contributed by atoms with E-state index in [9.17, 15) is 4.79 Å². The van der Waals surface area contributed by atoms with Crippen LogP contribution in [0.4, 0.5) is 5.13 Å². The summed E-state index contributed by atoms with van der Waals surface area (Å²) in [6.07, 6.45) is 0.396. The quantitative estimate of drug-likeness (QED) is 0.422. The van der Waals surface area contributed by atoms with Gasteiger partial charge in [0, 0.05) is 13.1 Å². The summed E-state index contributed by atoms with van der Waals surface area (Å²) in [5.41, 5.74) is 6.94. The Bertz CT molecular complexity index is 1040. The fraction of sp³-hybridized carbons (Fsp3) is 0.440. The van der Waals surface area contributed by atoms with Crippen LogP contribution in [0.3, 0.4) is 0 Å². The van der Waals surface area contributed by atoms with Gasteiger partial charge in [-0.1, -0.05) is 49.4 Å². The average molecular weight is 460 g/mol. The Balaban J connectivity index is 0.00000341. The van der Waals surface area contributed by atoms with E-state index in [1.54, 1.807) is 11.3 Å². The minimum Gasteiger partial charge on any atom is -0.302 e. The van der Waals surface area contributed by atoms with Gasteiger partial charge in [0.15, 0.2) is 5.13 Å². The number of benzene rings is 2. The molecule has 31 heavy (non-hydrogen) atoms. The first-order valence-electron chi connectivity index (χ1n) is 10.8. The highest BCUT2D eigenvalue weighted by atomic mass is 35.5. The molecule has 0 radical (unpaired) electrons. The van der Waals surface area contributed by atoms with Crippen LogP contribution in [0.15, 0.2) is 30.3 Å². The number of nitrogens with zero attached hydrogens (tertiary/aromatic N) is 3. The number of thiazole rings is 1. The molecule has 2 aromatic carbocycles. The molecule has 3 aromatic rings. The van der Waals surface area contributed by atoms with Crippen molar-refractivity contribution in [3.8, 4) is 0 Å². The van der Waals surface area contributed by atoms with Gasteiger partial charge in [-0.15, -0.1) is 12.4 Å². The van der Waals surface area contributed by atoms with E-state index >= 15 is 0 Å². The number of rotatable bonds is 8. The Labute approximate surface area is 196 Å². The summed E-state index contributed by atoms with van der Waals surface area (Å²) < 4.78 is 1.17. The summed E-state index contributed by atoms with van der Waals surface area (Å²) in [7, 11) is 0. The number of aromatic nitrogens is 1. The highest BCUT2D eigenvalue weighted by Crippen LogP contribution is 2.32. The van der Waals surface area contributed by atoms with E-state index in [1.165, 1.54) is 27.0 Å². The lowest BCUT2D eigenvalue weighted by Crippen LogP contribution is -2.39. The van der Waals surface area contributed by atoms with Crippen molar-refractivity contribution in [3.05, 3.63) is 58.1 Å². The molecule has 0 atom stereocenters. The van der Waals surface area contributed by atoms with Gasteiger partial charge in [-0.3, -0.25) is 9.69 Å². The summed E-state index contributed by atoms with van der Waals surface area (Å²) >= 11 is 1.63. The van der Waals surface area contributed by atoms with Gasteiger partial charge in [0.25, 0.3) is 0 Å². The number of aryl methyl sites for hydroxylation is 4. The SMILES string of the molecule is CCN(CC)CCN(C(=O)Cc1ccc(C)c(C)c1)c1nc2cc(C)cc(C)c2s1.Cl. The number of likely N-dealkylation sites (N-methyl/N-ethyl adjacent to an activating group) is 1. The molecule has 0 aliphatic carbocycles. The highest BCUT2D eigenvalue weighted by Gasteiger charge is 2.21. The van der Waals surface area contributed by atoms with E-state index in [2.05, 4.69) is 76.8 Å². The zero-order valence-corrected chi connectivity index (χ0v) is 21.1. The van der Waals surface area contributed by atoms with Gasteiger partial charge < -0.3 is 4.90 Å². The van der Waals surface area contributed by atoms with Crippen LogP contribution in [0.5, 0.6) is 0 Å². The second kappa shape index (κ2) is 11.1. The van der Waals surface area contributed by atoms with Crippen LogP contribution >= 0.6 is 23.7 Å². The molecule has 1 amide bonds. The Kier molecular flexibility index (Phi) is 9.04. The van der Waals surface area contributed by atoms with E-state index in [-0.39, 0.29) is 18.3 Å². The van der Waals surface area contributed by atoms with Crippen molar-refractivity contribution >= 4 is 45.0 Å². The smallest absolute Gasteiger partial charge is 0.233 e. The molecular weight excluding hydrogens is 426 g/mol. The van der Waals surface area contributed by atoms with Crippen LogP contribution in [0.2, 0.25) is 0 Å². The first kappa shape index (κ1) is 25.3. The molecular formula is C25H34ClN3OS. The molecule has 0 fully saturated rings. The van der Waals surface area contributed by atoms with Crippen molar-refractivity contribution < 1.29 is 4.79 Å². The highest BCUT2D eigenvalue weighted by molar-refractivity contribution is 7.22. The second-order valence-corrected chi connectivity index (χ2v) is 9.07. The third kappa shape index (κ3) is 6.06. The molecule has 6 heteroatoms. The number of anilines is 1. The Morgan fingerprint density at radius 2 is 1.65 bits per heavy atom. The van der Waals surface area contributed by atoms with Gasteiger partial charge >= 0.3 is 0 Å². The van der Waals surface area contributed by atoms with Gasteiger partial charge in [-0.25, -0.2) is 4.98 Å². The second-order valence-electron chi connectivity index (χ2n) is 8.09. The van der Waals surface area contributed by atoms with Gasteiger partial charge in [0.1, 0.15) is 0 Å². The van der Waals surface area contributed by atoms with Crippen LogP contribution in [-0.4, -0.2) is 42.0 Å². The summed E-state index contributed by atoms with van der Waals surface area (Å²) in [4.78, 5) is 22.5. The van der Waals surface area contributed by atoms with Crippen LogP contribution in [0, 0.1) is 27.7 Å². The van der Waals surface area contributed by atoms with Crippen LogP contribution in [0.1, 0.15) is 41.7 Å². The first-order chi connectivity index (χ1) is 14.3. The molecule has 1 aromatic heterocycles. The van der Waals surface area contributed by atoms with E-state index < -0.39 is 0 Å². The zero-order chi connectivity index (χ0) is 21.8. The largest absolute Gasteiger partial charge is 0.302 e. The normalized spacial score (nSPS) is 11.1. The van der Waals surface area contributed by atoms with Crippen molar-refractivity contribution in [3.63, 3.8) is 0 Å². The number of amides is 1. The molecule has 0 aliphatic rings. The van der Waals surface area contributed by atoms with Crippen molar-refractivity contribution in [2.75, 3.05) is 31.1 Å². The molecule has 0 saturated heterocycles. The van der Waals surface area contributed by atoms with Gasteiger partial charge in [0.2, 0.25) is 5.91 Å². The van der Waals surface area contributed by atoms with E-state index in [0.29, 0.717) is 13.0 Å². The average Bonchev–Trinajstić information content (AvgIpc) is 3.12. The molecule has 168 valence electrons. The summed E-state index contributed by atoms with van der Waals surface area (Å²) in [6.45, 7) is 16.2. The van der Waals surface area contributed by atoms with Crippen molar-refractivity contribution in [2.45, 2.75) is 48.0 Å². The van der Waals surface area contributed by atoms with Crippen LogP contribution in [0.25, 0.3) is 10.2 Å². The first-order valence-corrected chi connectivity index (χ1v) is 11.6. The topological polar surface area (TPSA) is 36.4 Å². The minimum absolute atomic E-state index is 0. The van der Waals surface area contributed by atoms with E-state index in [4.69, 9.17) is 4.98 Å². The summed E-state index contributed by atoms with van der Waals surface area (Å²) in [5.74, 6) is 0.110. The van der Waals surface area contributed by atoms with Crippen molar-refractivity contribution in [2.24, 2.45) is 0 Å². The third-order valence-electron chi connectivity index (χ3n) is 5.80. The van der Waals surface area contributed by atoms with Gasteiger partial charge in [-0.05, 0) is 74.7 Å². The number of carbonyl (C=O) groups is 1. The van der Waals surface area contributed by atoms with Gasteiger partial charge in [0.05, 0.1) is 16.6 Å². The lowest BCUT2D eigenvalue weighted by atomic mass is 10.0. The van der Waals surface area contributed by atoms with Crippen molar-refractivity contribution in [1.29, 1.82) is 0 Å². The van der Waals surface area contributed by atoms with Crippen LogP contribution in [-0.2, 0) is 11.2 Å². The number of fused-ring (bicyclic) bond motifs is 1. The summed E-state index contributed by atoms with van der Waals surface area (Å²) in [6, 6.07) is 10.6. The molecule has 0 N–H and O–H groups in total. The molecule has 4 nitrogen and oxygen atoms in total. The molecule has 1 heterocycles. The fourth-order valence-corrected chi connectivity index (χ4v) is 4.83. The van der Waals surface area contributed by atoms with Crippen molar-refractivity contribution in [1.82, 2.24) is 9.88 Å².